The molecule has 0 saturated heterocycles. The predicted octanol–water partition coefficient (Wildman–Crippen LogP) is 2.70. The largest absolute Gasteiger partial charge is 0.394 e. The maximum absolute atomic E-state index is 12.5. The van der Waals surface area contributed by atoms with Gasteiger partial charge in [0.05, 0.1) is 12.1 Å². The summed E-state index contributed by atoms with van der Waals surface area (Å²) in [5.41, 5.74) is 3.36. The van der Waals surface area contributed by atoms with Crippen LogP contribution in [0.3, 0.4) is 0 Å². The zero-order chi connectivity index (χ0) is 17.9. The summed E-state index contributed by atoms with van der Waals surface area (Å²) in [6, 6.07) is 15.5. The third kappa shape index (κ3) is 3.83. The molecular weight excluding hydrogens is 314 g/mol. The Morgan fingerprint density at radius 2 is 2.00 bits per heavy atom. The van der Waals surface area contributed by atoms with Crippen LogP contribution >= 0.6 is 0 Å². The average molecular weight is 339 g/mol. The third-order valence-corrected chi connectivity index (χ3v) is 4.66. The number of nitrogens with one attached hydrogen (secondary N) is 2. The standard InChI is InChI=1S/C20H25N3O2/c1-23(2)13-15-6-5-8-17(12-15)21-19(25)22-20(14-24)11-10-16-7-3-4-9-18(16)20/h3-9,12,24H,10-11,13-14H2,1-2H3,(H2,21,22,25). The Balaban J connectivity index is 1.72. The molecule has 5 heteroatoms. The number of amides is 2. The molecule has 1 atom stereocenters. The SMILES string of the molecule is CN(C)Cc1cccc(NC(=O)NC2(CO)CCc3ccccc32)c1. The van der Waals surface area contributed by atoms with Crippen molar-refractivity contribution in [3.05, 3.63) is 65.2 Å². The van der Waals surface area contributed by atoms with Crippen LogP contribution in [0.15, 0.2) is 48.5 Å². The topological polar surface area (TPSA) is 64.6 Å². The number of aliphatic hydroxyl groups is 1. The smallest absolute Gasteiger partial charge is 0.320 e. The fourth-order valence-electron chi connectivity index (χ4n) is 3.51. The Morgan fingerprint density at radius 1 is 1.20 bits per heavy atom. The van der Waals surface area contributed by atoms with Crippen LogP contribution in [0.25, 0.3) is 0 Å². The second-order valence-corrected chi connectivity index (χ2v) is 6.91. The van der Waals surface area contributed by atoms with E-state index >= 15 is 0 Å². The Morgan fingerprint density at radius 3 is 2.76 bits per heavy atom. The number of carbonyl (C=O) groups is 1. The van der Waals surface area contributed by atoms with Crippen molar-refractivity contribution in [1.29, 1.82) is 0 Å². The average Bonchev–Trinajstić information content (AvgIpc) is 2.94. The number of nitrogens with zero attached hydrogens (tertiary/aromatic N) is 1. The molecule has 0 heterocycles. The molecule has 0 fully saturated rings. The highest BCUT2D eigenvalue weighted by Gasteiger charge is 2.39. The number of aliphatic hydroxyl groups excluding tert-OH is 1. The number of benzene rings is 2. The molecule has 0 bridgehead atoms. The first-order chi connectivity index (χ1) is 12.0. The molecule has 2 amide bonds. The molecule has 2 aromatic carbocycles. The van der Waals surface area contributed by atoms with Crippen molar-refractivity contribution in [1.82, 2.24) is 10.2 Å². The van der Waals surface area contributed by atoms with Crippen LogP contribution in [0.4, 0.5) is 10.5 Å². The van der Waals surface area contributed by atoms with Gasteiger partial charge in [-0.1, -0.05) is 36.4 Å². The molecule has 1 aliphatic rings. The minimum atomic E-state index is -0.706. The van der Waals surface area contributed by atoms with Gasteiger partial charge in [-0.15, -0.1) is 0 Å². The van der Waals surface area contributed by atoms with Crippen LogP contribution < -0.4 is 10.6 Å². The van der Waals surface area contributed by atoms with E-state index in [0.717, 1.165) is 29.8 Å². The second-order valence-electron chi connectivity index (χ2n) is 6.91. The molecule has 3 N–H and O–H groups in total. The molecule has 2 aromatic rings. The third-order valence-electron chi connectivity index (χ3n) is 4.66. The quantitative estimate of drug-likeness (QED) is 0.785. The summed E-state index contributed by atoms with van der Waals surface area (Å²) in [5, 5.41) is 15.9. The van der Waals surface area contributed by atoms with Crippen LogP contribution in [0.2, 0.25) is 0 Å². The molecule has 1 aliphatic carbocycles. The summed E-state index contributed by atoms with van der Waals surface area (Å²) < 4.78 is 0. The molecule has 1 unspecified atom stereocenters. The lowest BCUT2D eigenvalue weighted by atomic mass is 9.93. The zero-order valence-corrected chi connectivity index (χ0v) is 14.7. The number of rotatable bonds is 5. The van der Waals surface area contributed by atoms with E-state index in [-0.39, 0.29) is 12.6 Å². The van der Waals surface area contributed by atoms with Gasteiger partial charge in [0.2, 0.25) is 0 Å². The highest BCUT2D eigenvalue weighted by molar-refractivity contribution is 5.90. The monoisotopic (exact) mass is 339 g/mol. The molecule has 132 valence electrons. The minimum Gasteiger partial charge on any atom is -0.394 e. The van der Waals surface area contributed by atoms with Gasteiger partial charge in [0.25, 0.3) is 0 Å². The Hall–Kier alpha value is -2.37. The Kier molecular flexibility index (Phi) is 5.06. The molecule has 5 nitrogen and oxygen atoms in total. The maximum atomic E-state index is 12.5. The highest BCUT2D eigenvalue weighted by atomic mass is 16.3. The van der Waals surface area contributed by atoms with Crippen LogP contribution in [0, 0.1) is 0 Å². The number of hydrogen-bond acceptors (Lipinski definition) is 3. The number of anilines is 1. The van der Waals surface area contributed by atoms with Crippen molar-refractivity contribution in [2.24, 2.45) is 0 Å². The Labute approximate surface area is 148 Å². The van der Waals surface area contributed by atoms with E-state index < -0.39 is 5.54 Å². The minimum absolute atomic E-state index is 0.113. The van der Waals surface area contributed by atoms with E-state index in [1.807, 2.05) is 56.6 Å². The van der Waals surface area contributed by atoms with Gasteiger partial charge in [-0.3, -0.25) is 0 Å². The lowest BCUT2D eigenvalue weighted by molar-refractivity contribution is 0.164. The van der Waals surface area contributed by atoms with E-state index in [1.165, 1.54) is 5.56 Å². The van der Waals surface area contributed by atoms with Crippen molar-refractivity contribution in [2.75, 3.05) is 26.0 Å². The fourth-order valence-corrected chi connectivity index (χ4v) is 3.51. The summed E-state index contributed by atoms with van der Waals surface area (Å²) in [5.74, 6) is 0. The highest BCUT2D eigenvalue weighted by Crippen LogP contribution is 2.36. The first kappa shape index (κ1) is 17.5. The van der Waals surface area contributed by atoms with Crippen LogP contribution in [0.1, 0.15) is 23.1 Å². The molecule has 0 aliphatic heterocycles. The van der Waals surface area contributed by atoms with Crippen molar-refractivity contribution in [2.45, 2.75) is 24.9 Å². The number of hydrogen-bond donors (Lipinski definition) is 3. The summed E-state index contributed by atoms with van der Waals surface area (Å²) in [6.45, 7) is 0.698. The van der Waals surface area contributed by atoms with Crippen LogP contribution in [-0.4, -0.2) is 36.7 Å². The maximum Gasteiger partial charge on any atom is 0.320 e. The number of urea groups is 1. The van der Waals surface area contributed by atoms with E-state index in [0.29, 0.717) is 6.42 Å². The summed E-state index contributed by atoms with van der Waals surface area (Å²) in [4.78, 5) is 14.6. The van der Waals surface area contributed by atoms with Crippen molar-refractivity contribution in [3.63, 3.8) is 0 Å². The van der Waals surface area contributed by atoms with E-state index in [4.69, 9.17) is 0 Å². The molecule has 0 aromatic heterocycles. The second kappa shape index (κ2) is 7.25. The predicted molar refractivity (Wildman–Crippen MR) is 99.5 cm³/mol. The van der Waals surface area contributed by atoms with Crippen molar-refractivity contribution in [3.8, 4) is 0 Å². The molecule has 0 saturated carbocycles. The number of carbonyl (C=O) groups excluding carboxylic acids is 1. The summed E-state index contributed by atoms with van der Waals surface area (Å²) in [7, 11) is 4.02. The number of aryl methyl sites for hydroxylation is 1. The lowest BCUT2D eigenvalue weighted by Gasteiger charge is -2.29. The van der Waals surface area contributed by atoms with Crippen LogP contribution in [0.5, 0.6) is 0 Å². The molecule has 3 rings (SSSR count). The normalized spacial score (nSPS) is 18.9. The van der Waals surface area contributed by atoms with E-state index in [1.54, 1.807) is 0 Å². The number of fused-ring (bicyclic) bond motifs is 1. The van der Waals surface area contributed by atoms with Gasteiger partial charge in [0.1, 0.15) is 0 Å². The van der Waals surface area contributed by atoms with Gasteiger partial charge in [-0.05, 0) is 55.8 Å². The van der Waals surface area contributed by atoms with Gasteiger partial charge in [0.15, 0.2) is 0 Å². The first-order valence-corrected chi connectivity index (χ1v) is 8.54. The first-order valence-electron chi connectivity index (χ1n) is 8.54. The zero-order valence-electron chi connectivity index (χ0n) is 14.7. The van der Waals surface area contributed by atoms with E-state index in [2.05, 4.69) is 21.6 Å². The lowest BCUT2D eigenvalue weighted by Crippen LogP contribution is -2.48. The molecule has 25 heavy (non-hydrogen) atoms. The van der Waals surface area contributed by atoms with Gasteiger partial charge in [-0.25, -0.2) is 4.79 Å². The van der Waals surface area contributed by atoms with Crippen LogP contribution in [-0.2, 0) is 18.5 Å². The molecular formula is C20H25N3O2. The molecule has 0 radical (unpaired) electrons. The van der Waals surface area contributed by atoms with Gasteiger partial charge in [-0.2, -0.15) is 0 Å². The van der Waals surface area contributed by atoms with Gasteiger partial charge >= 0.3 is 6.03 Å². The Bertz CT molecular complexity index is 760. The van der Waals surface area contributed by atoms with Crippen molar-refractivity contribution < 1.29 is 9.90 Å². The summed E-state index contributed by atoms with van der Waals surface area (Å²) >= 11 is 0. The fraction of sp³-hybridized carbons (Fsp3) is 0.350. The summed E-state index contributed by atoms with van der Waals surface area (Å²) in [6.07, 6.45) is 1.56. The van der Waals surface area contributed by atoms with Gasteiger partial charge in [0, 0.05) is 12.2 Å². The van der Waals surface area contributed by atoms with E-state index in [9.17, 15) is 9.90 Å². The van der Waals surface area contributed by atoms with Gasteiger partial charge < -0.3 is 20.6 Å². The van der Waals surface area contributed by atoms with Crippen molar-refractivity contribution >= 4 is 11.7 Å². The molecule has 0 spiro atoms.